The SMILES string of the molecule is COC(=O)c1cccc(NC(=S)NCCC(C)C)c1. The number of methoxy groups -OCH3 is 1. The first-order valence-corrected chi connectivity index (χ1v) is 6.67. The summed E-state index contributed by atoms with van der Waals surface area (Å²) in [5.41, 5.74) is 1.27. The van der Waals surface area contributed by atoms with Crippen LogP contribution in [0.3, 0.4) is 0 Å². The quantitative estimate of drug-likeness (QED) is 0.641. The van der Waals surface area contributed by atoms with Crippen molar-refractivity contribution in [3.8, 4) is 0 Å². The Balaban J connectivity index is 2.52. The minimum atomic E-state index is -0.359. The van der Waals surface area contributed by atoms with Crippen LogP contribution in [0.25, 0.3) is 0 Å². The Morgan fingerprint density at radius 2 is 2.16 bits per heavy atom. The zero-order valence-corrected chi connectivity index (χ0v) is 12.3. The van der Waals surface area contributed by atoms with E-state index in [4.69, 9.17) is 12.2 Å². The minimum Gasteiger partial charge on any atom is -0.465 e. The van der Waals surface area contributed by atoms with Crippen molar-refractivity contribution in [1.29, 1.82) is 0 Å². The molecule has 0 saturated heterocycles. The number of nitrogens with one attached hydrogen (secondary N) is 2. The van der Waals surface area contributed by atoms with Gasteiger partial charge in [0.15, 0.2) is 5.11 Å². The van der Waals surface area contributed by atoms with E-state index in [-0.39, 0.29) is 5.97 Å². The molecule has 0 radical (unpaired) electrons. The topological polar surface area (TPSA) is 50.4 Å². The molecule has 19 heavy (non-hydrogen) atoms. The van der Waals surface area contributed by atoms with Crippen LogP contribution in [-0.2, 0) is 4.74 Å². The molecule has 104 valence electrons. The number of carbonyl (C=O) groups is 1. The molecule has 1 rings (SSSR count). The first-order valence-electron chi connectivity index (χ1n) is 6.26. The van der Waals surface area contributed by atoms with Crippen molar-refractivity contribution in [3.63, 3.8) is 0 Å². The fourth-order valence-corrected chi connectivity index (χ4v) is 1.71. The van der Waals surface area contributed by atoms with Gasteiger partial charge in [0.2, 0.25) is 0 Å². The van der Waals surface area contributed by atoms with Crippen LogP contribution in [0.15, 0.2) is 24.3 Å². The Hall–Kier alpha value is -1.62. The highest BCUT2D eigenvalue weighted by atomic mass is 32.1. The lowest BCUT2D eigenvalue weighted by Gasteiger charge is -2.12. The van der Waals surface area contributed by atoms with E-state index < -0.39 is 0 Å². The molecule has 0 fully saturated rings. The van der Waals surface area contributed by atoms with Gasteiger partial charge in [-0.3, -0.25) is 0 Å². The fourth-order valence-electron chi connectivity index (χ4n) is 1.49. The average molecular weight is 280 g/mol. The van der Waals surface area contributed by atoms with Crippen molar-refractivity contribution < 1.29 is 9.53 Å². The third-order valence-corrected chi connectivity index (χ3v) is 2.80. The highest BCUT2D eigenvalue weighted by Crippen LogP contribution is 2.11. The van der Waals surface area contributed by atoms with Gasteiger partial charge < -0.3 is 15.4 Å². The summed E-state index contributed by atoms with van der Waals surface area (Å²) in [5.74, 6) is 0.278. The highest BCUT2D eigenvalue weighted by Gasteiger charge is 2.06. The molecule has 0 amide bonds. The lowest BCUT2D eigenvalue weighted by atomic mass is 10.1. The van der Waals surface area contributed by atoms with Gasteiger partial charge in [0.1, 0.15) is 0 Å². The van der Waals surface area contributed by atoms with Crippen LogP contribution in [-0.4, -0.2) is 24.7 Å². The van der Waals surface area contributed by atoms with Gasteiger partial charge >= 0.3 is 5.97 Å². The maximum atomic E-state index is 11.4. The molecule has 0 aliphatic carbocycles. The van der Waals surface area contributed by atoms with Crippen molar-refractivity contribution in [1.82, 2.24) is 5.32 Å². The maximum absolute atomic E-state index is 11.4. The molecule has 2 N–H and O–H groups in total. The molecule has 1 aromatic rings. The Bertz CT molecular complexity index is 447. The summed E-state index contributed by atoms with van der Waals surface area (Å²) in [7, 11) is 1.36. The molecule has 0 saturated carbocycles. The van der Waals surface area contributed by atoms with Crippen LogP contribution in [0.2, 0.25) is 0 Å². The summed E-state index contributed by atoms with van der Waals surface area (Å²) in [4.78, 5) is 11.4. The number of benzene rings is 1. The number of hydrogen-bond acceptors (Lipinski definition) is 3. The first kappa shape index (κ1) is 15.4. The van der Waals surface area contributed by atoms with E-state index in [2.05, 4.69) is 29.2 Å². The van der Waals surface area contributed by atoms with Crippen molar-refractivity contribution in [2.45, 2.75) is 20.3 Å². The smallest absolute Gasteiger partial charge is 0.337 e. The van der Waals surface area contributed by atoms with Gasteiger partial charge in [-0.15, -0.1) is 0 Å². The van der Waals surface area contributed by atoms with Crippen LogP contribution in [0, 0.1) is 5.92 Å². The molecule has 0 atom stereocenters. The summed E-state index contributed by atoms with van der Waals surface area (Å²) >= 11 is 5.19. The number of thiocarbonyl (C=S) groups is 1. The predicted octanol–water partition coefficient (Wildman–Crippen LogP) is 2.81. The molecule has 1 aromatic carbocycles. The number of esters is 1. The summed E-state index contributed by atoms with van der Waals surface area (Å²) in [5, 5.41) is 6.73. The second-order valence-corrected chi connectivity index (χ2v) is 5.04. The molecule has 0 spiro atoms. The Kier molecular flexibility index (Phi) is 6.29. The monoisotopic (exact) mass is 280 g/mol. The largest absolute Gasteiger partial charge is 0.465 e. The van der Waals surface area contributed by atoms with Crippen molar-refractivity contribution in [2.75, 3.05) is 19.0 Å². The zero-order chi connectivity index (χ0) is 14.3. The Morgan fingerprint density at radius 1 is 1.42 bits per heavy atom. The van der Waals surface area contributed by atoms with E-state index in [1.807, 2.05) is 6.07 Å². The van der Waals surface area contributed by atoms with E-state index in [1.165, 1.54) is 7.11 Å². The van der Waals surface area contributed by atoms with Gasteiger partial charge in [-0.05, 0) is 42.8 Å². The van der Waals surface area contributed by atoms with Crippen molar-refractivity contribution in [3.05, 3.63) is 29.8 Å². The lowest BCUT2D eigenvalue weighted by Crippen LogP contribution is -2.29. The van der Waals surface area contributed by atoms with E-state index in [0.717, 1.165) is 18.7 Å². The molecule has 0 aliphatic heterocycles. The molecule has 0 heterocycles. The number of anilines is 1. The molecule has 4 nitrogen and oxygen atoms in total. The molecule has 0 unspecified atom stereocenters. The van der Waals surface area contributed by atoms with Crippen LogP contribution in [0.5, 0.6) is 0 Å². The molecule has 0 aliphatic rings. The van der Waals surface area contributed by atoms with Gasteiger partial charge in [0, 0.05) is 12.2 Å². The Morgan fingerprint density at radius 3 is 2.79 bits per heavy atom. The molecule has 5 heteroatoms. The fraction of sp³-hybridized carbons (Fsp3) is 0.429. The third kappa shape index (κ3) is 5.70. The summed E-state index contributed by atoms with van der Waals surface area (Å²) in [6.07, 6.45) is 1.06. The van der Waals surface area contributed by atoms with Crippen LogP contribution < -0.4 is 10.6 Å². The number of carbonyl (C=O) groups excluding carboxylic acids is 1. The molecular formula is C14H20N2O2S. The van der Waals surface area contributed by atoms with E-state index in [9.17, 15) is 4.79 Å². The van der Waals surface area contributed by atoms with Gasteiger partial charge in [0.05, 0.1) is 12.7 Å². The maximum Gasteiger partial charge on any atom is 0.337 e. The predicted molar refractivity (Wildman–Crippen MR) is 81.5 cm³/mol. The summed E-state index contributed by atoms with van der Waals surface area (Å²) < 4.78 is 4.67. The second-order valence-electron chi connectivity index (χ2n) is 4.64. The van der Waals surface area contributed by atoms with Gasteiger partial charge in [-0.1, -0.05) is 19.9 Å². The van der Waals surface area contributed by atoms with Crippen LogP contribution in [0.4, 0.5) is 5.69 Å². The molecule has 0 bridgehead atoms. The van der Waals surface area contributed by atoms with Crippen LogP contribution in [0.1, 0.15) is 30.6 Å². The van der Waals surface area contributed by atoms with E-state index in [1.54, 1.807) is 18.2 Å². The van der Waals surface area contributed by atoms with Crippen LogP contribution >= 0.6 is 12.2 Å². The van der Waals surface area contributed by atoms with Gasteiger partial charge in [-0.2, -0.15) is 0 Å². The zero-order valence-electron chi connectivity index (χ0n) is 11.5. The molecule has 0 aromatic heterocycles. The average Bonchev–Trinajstić information content (AvgIpc) is 2.37. The normalized spacial score (nSPS) is 10.1. The number of ether oxygens (including phenoxy) is 1. The number of hydrogen-bond donors (Lipinski definition) is 2. The van der Waals surface area contributed by atoms with E-state index in [0.29, 0.717) is 16.6 Å². The van der Waals surface area contributed by atoms with E-state index >= 15 is 0 Å². The van der Waals surface area contributed by atoms with Crippen molar-refractivity contribution in [2.24, 2.45) is 5.92 Å². The lowest BCUT2D eigenvalue weighted by molar-refractivity contribution is 0.0601. The standard InChI is InChI=1S/C14H20N2O2S/c1-10(2)7-8-15-14(19)16-12-6-4-5-11(9-12)13(17)18-3/h4-6,9-10H,7-8H2,1-3H3,(H2,15,16,19). The Labute approximate surface area is 119 Å². The van der Waals surface area contributed by atoms with Gasteiger partial charge in [0.25, 0.3) is 0 Å². The van der Waals surface area contributed by atoms with Crippen molar-refractivity contribution >= 4 is 29.0 Å². The minimum absolute atomic E-state index is 0.359. The second kappa shape index (κ2) is 7.74. The summed E-state index contributed by atoms with van der Waals surface area (Å²) in [6.45, 7) is 5.16. The third-order valence-electron chi connectivity index (χ3n) is 2.55. The summed E-state index contributed by atoms with van der Waals surface area (Å²) in [6, 6.07) is 7.04. The highest BCUT2D eigenvalue weighted by molar-refractivity contribution is 7.80. The molecular weight excluding hydrogens is 260 g/mol. The first-order chi connectivity index (χ1) is 9.02. The van der Waals surface area contributed by atoms with Gasteiger partial charge in [-0.25, -0.2) is 4.79 Å². The number of rotatable bonds is 5.